The lowest BCUT2D eigenvalue weighted by molar-refractivity contribution is -0.149. The molecule has 1 aliphatic heterocycles. The molecule has 6 nitrogen and oxygen atoms in total. The molecule has 2 N–H and O–H groups in total. The molecule has 0 bridgehead atoms. The summed E-state index contributed by atoms with van der Waals surface area (Å²) in [6.45, 7) is 2.89. The Morgan fingerprint density at radius 1 is 1.44 bits per heavy atom. The Kier molecular flexibility index (Phi) is 2.77. The highest BCUT2D eigenvalue weighted by Gasteiger charge is 2.53. The zero-order valence-corrected chi connectivity index (χ0v) is 9.22. The average molecular weight is 227 g/mol. The van der Waals surface area contributed by atoms with Gasteiger partial charge in [0.25, 0.3) is 0 Å². The van der Waals surface area contributed by atoms with Crippen LogP contribution in [0.15, 0.2) is 11.3 Å². The largest absolute Gasteiger partial charge is 0.479 e. The molecule has 0 saturated heterocycles. The second kappa shape index (κ2) is 3.62. The topological polar surface area (TPSA) is 94.9 Å². The Bertz CT molecular complexity index is 400. The number of carboxylic acid groups (broad SMARTS) is 2. The summed E-state index contributed by atoms with van der Waals surface area (Å²) < 4.78 is 0. The zero-order valence-electron chi connectivity index (χ0n) is 9.22. The molecule has 0 radical (unpaired) electrons. The van der Waals surface area contributed by atoms with Gasteiger partial charge in [0, 0.05) is 13.0 Å². The van der Waals surface area contributed by atoms with Crippen LogP contribution in [0.1, 0.15) is 13.8 Å². The van der Waals surface area contributed by atoms with Crippen LogP contribution in [-0.2, 0) is 14.4 Å². The van der Waals surface area contributed by atoms with Gasteiger partial charge in [0.05, 0.1) is 11.3 Å². The van der Waals surface area contributed by atoms with E-state index in [1.165, 1.54) is 25.8 Å². The lowest BCUT2D eigenvalue weighted by Crippen LogP contribution is -2.50. The summed E-state index contributed by atoms with van der Waals surface area (Å²) in [5.41, 5.74) is -1.63. The summed E-state index contributed by atoms with van der Waals surface area (Å²) in [7, 11) is 1.41. The molecule has 1 heterocycles. The van der Waals surface area contributed by atoms with Crippen LogP contribution in [0.3, 0.4) is 0 Å². The Hall–Kier alpha value is -1.85. The lowest BCUT2D eigenvalue weighted by Gasteiger charge is -2.33. The molecule has 0 aromatic carbocycles. The predicted octanol–water partition coefficient (Wildman–Crippen LogP) is -0.0512. The summed E-state index contributed by atoms with van der Waals surface area (Å²) in [4.78, 5) is 34.2. The molecular formula is C10H13NO5. The van der Waals surface area contributed by atoms with E-state index >= 15 is 0 Å². The number of hydrogen-bond donors (Lipinski definition) is 2. The first kappa shape index (κ1) is 12.2. The molecule has 0 fully saturated rings. The minimum atomic E-state index is -1.40. The number of nitrogens with zero attached hydrogens (tertiary/aromatic N) is 1. The molecule has 88 valence electrons. The van der Waals surface area contributed by atoms with Crippen molar-refractivity contribution in [2.75, 3.05) is 7.05 Å². The van der Waals surface area contributed by atoms with Crippen molar-refractivity contribution in [2.24, 2.45) is 5.92 Å². The molecule has 1 rings (SSSR count). The molecule has 0 amide bonds. The second-order valence-electron chi connectivity index (χ2n) is 3.96. The number of carbonyl (C=O) groups excluding carboxylic acids is 1. The molecule has 2 unspecified atom stereocenters. The van der Waals surface area contributed by atoms with Gasteiger partial charge in [-0.25, -0.2) is 9.59 Å². The maximum absolute atomic E-state index is 11.2. The summed E-state index contributed by atoms with van der Waals surface area (Å²) in [5.74, 6) is -3.17. The second-order valence-corrected chi connectivity index (χ2v) is 3.96. The Morgan fingerprint density at radius 3 is 2.19 bits per heavy atom. The van der Waals surface area contributed by atoms with Gasteiger partial charge in [-0.15, -0.1) is 0 Å². The Morgan fingerprint density at radius 2 is 1.94 bits per heavy atom. The standard InChI is InChI=1S/C10H13NO5/c1-5-7(8(13)14)6(4-12)11(3)10(5,2)9(15)16/h4-5H,1-3H3,(H,13,14)(H,15,16). The minimum absolute atomic E-state index is 0.0788. The monoisotopic (exact) mass is 227 g/mol. The van der Waals surface area contributed by atoms with Crippen molar-refractivity contribution in [3.8, 4) is 0 Å². The molecule has 6 heteroatoms. The summed E-state index contributed by atoms with van der Waals surface area (Å²) in [5, 5.41) is 18.1. The van der Waals surface area contributed by atoms with E-state index in [1.807, 2.05) is 0 Å². The number of likely N-dealkylation sites (N-methyl/N-ethyl adjacent to an activating group) is 1. The molecule has 1 aliphatic rings. The van der Waals surface area contributed by atoms with Gasteiger partial charge >= 0.3 is 11.9 Å². The Balaban J connectivity index is 3.39. The summed E-state index contributed by atoms with van der Waals surface area (Å²) in [6.07, 6.45) is 0.383. The number of aldehydes is 1. The molecular weight excluding hydrogens is 214 g/mol. The molecule has 0 aliphatic carbocycles. The fourth-order valence-electron chi connectivity index (χ4n) is 1.99. The third-order valence-corrected chi connectivity index (χ3v) is 3.39. The average Bonchev–Trinajstić information content (AvgIpc) is 2.39. The van der Waals surface area contributed by atoms with E-state index in [9.17, 15) is 14.4 Å². The first-order valence-corrected chi connectivity index (χ1v) is 4.68. The number of carboxylic acids is 2. The normalized spacial score (nSPS) is 29.4. The van der Waals surface area contributed by atoms with Gasteiger partial charge in [-0.1, -0.05) is 6.92 Å². The molecule has 0 saturated carbocycles. The Labute approximate surface area is 92.2 Å². The maximum Gasteiger partial charge on any atom is 0.334 e. The highest BCUT2D eigenvalue weighted by Crippen LogP contribution is 2.40. The van der Waals surface area contributed by atoms with Gasteiger partial charge in [0.15, 0.2) is 6.29 Å². The van der Waals surface area contributed by atoms with E-state index in [-0.39, 0.29) is 11.3 Å². The van der Waals surface area contributed by atoms with Crippen molar-refractivity contribution < 1.29 is 24.6 Å². The summed E-state index contributed by atoms with van der Waals surface area (Å²) >= 11 is 0. The smallest absolute Gasteiger partial charge is 0.334 e. The van der Waals surface area contributed by atoms with Gasteiger partial charge in [0.2, 0.25) is 0 Å². The fourth-order valence-corrected chi connectivity index (χ4v) is 1.99. The third kappa shape index (κ3) is 1.30. The van der Waals surface area contributed by atoms with Crippen LogP contribution < -0.4 is 0 Å². The van der Waals surface area contributed by atoms with Crippen molar-refractivity contribution in [2.45, 2.75) is 19.4 Å². The zero-order chi connectivity index (χ0) is 12.7. The number of carbonyl (C=O) groups is 3. The molecule has 16 heavy (non-hydrogen) atoms. The van der Waals surface area contributed by atoms with Crippen LogP contribution in [0.5, 0.6) is 0 Å². The lowest BCUT2D eigenvalue weighted by atomic mass is 9.84. The molecule has 2 atom stereocenters. The first-order chi connectivity index (χ1) is 7.28. The van der Waals surface area contributed by atoms with Crippen molar-refractivity contribution >= 4 is 18.2 Å². The van der Waals surface area contributed by atoms with Gasteiger partial charge in [-0.3, -0.25) is 4.79 Å². The number of rotatable bonds is 3. The van der Waals surface area contributed by atoms with Crippen molar-refractivity contribution in [1.29, 1.82) is 0 Å². The minimum Gasteiger partial charge on any atom is -0.479 e. The van der Waals surface area contributed by atoms with Gasteiger partial charge in [-0.05, 0) is 6.92 Å². The van der Waals surface area contributed by atoms with Gasteiger partial charge < -0.3 is 15.1 Å². The van der Waals surface area contributed by atoms with E-state index in [0.29, 0.717) is 6.29 Å². The van der Waals surface area contributed by atoms with Gasteiger partial charge in [0.1, 0.15) is 5.54 Å². The molecule has 0 aromatic rings. The SMILES string of the molecule is CC1C(C(=O)O)=C(C=O)N(C)C1(C)C(=O)O. The molecule has 0 spiro atoms. The first-order valence-electron chi connectivity index (χ1n) is 4.68. The number of aliphatic carboxylic acids is 2. The quantitative estimate of drug-likeness (QED) is 0.656. The third-order valence-electron chi connectivity index (χ3n) is 3.39. The van der Waals surface area contributed by atoms with Crippen molar-refractivity contribution in [3.05, 3.63) is 11.3 Å². The highest BCUT2D eigenvalue weighted by molar-refractivity contribution is 5.99. The predicted molar refractivity (Wildman–Crippen MR) is 53.7 cm³/mol. The highest BCUT2D eigenvalue weighted by atomic mass is 16.4. The van der Waals surface area contributed by atoms with Crippen LogP contribution >= 0.6 is 0 Å². The van der Waals surface area contributed by atoms with E-state index in [0.717, 1.165) is 0 Å². The maximum atomic E-state index is 11.2. The van der Waals surface area contributed by atoms with E-state index in [1.54, 1.807) is 0 Å². The van der Waals surface area contributed by atoms with E-state index in [4.69, 9.17) is 10.2 Å². The number of hydrogen-bond acceptors (Lipinski definition) is 4. The van der Waals surface area contributed by atoms with E-state index in [2.05, 4.69) is 0 Å². The van der Waals surface area contributed by atoms with Crippen LogP contribution in [0.25, 0.3) is 0 Å². The summed E-state index contributed by atoms with van der Waals surface area (Å²) in [6, 6.07) is 0. The fraction of sp³-hybridized carbons (Fsp3) is 0.500. The van der Waals surface area contributed by atoms with Crippen LogP contribution in [0, 0.1) is 5.92 Å². The van der Waals surface area contributed by atoms with Crippen LogP contribution in [0.4, 0.5) is 0 Å². The van der Waals surface area contributed by atoms with E-state index < -0.39 is 23.4 Å². The van der Waals surface area contributed by atoms with Gasteiger partial charge in [-0.2, -0.15) is 0 Å². The van der Waals surface area contributed by atoms with Crippen molar-refractivity contribution in [3.63, 3.8) is 0 Å². The van der Waals surface area contributed by atoms with Crippen LogP contribution in [0.2, 0.25) is 0 Å². The molecule has 0 aromatic heterocycles. The number of allylic oxidation sites excluding steroid dienone is 1. The van der Waals surface area contributed by atoms with Crippen molar-refractivity contribution in [1.82, 2.24) is 4.90 Å². The van der Waals surface area contributed by atoms with Crippen LogP contribution in [-0.4, -0.2) is 45.9 Å².